The summed E-state index contributed by atoms with van der Waals surface area (Å²) < 4.78 is 1.83. The average Bonchev–Trinajstić information content (AvgIpc) is 2.53. The molecule has 0 bridgehead atoms. The van der Waals surface area contributed by atoms with Crippen LogP contribution in [-0.2, 0) is 0 Å². The van der Waals surface area contributed by atoms with E-state index in [9.17, 15) is 0 Å². The van der Waals surface area contributed by atoms with Gasteiger partial charge in [0.2, 0.25) is 0 Å². The fourth-order valence-electron chi connectivity index (χ4n) is 1.72. The standard InChI is InChI=1S/C8H13ClN4/c1-12-4-2-7(3-5-12)13-8(9)6-10-11-13/h6-7H,2-5H2,1H3. The summed E-state index contributed by atoms with van der Waals surface area (Å²) in [5.41, 5.74) is 0. The minimum atomic E-state index is 0.436. The predicted octanol–water partition coefficient (Wildman–Crippen LogP) is 1.20. The lowest BCUT2D eigenvalue weighted by Gasteiger charge is -2.28. The molecule has 1 aliphatic heterocycles. The Labute approximate surface area is 82.5 Å². The summed E-state index contributed by atoms with van der Waals surface area (Å²) in [6, 6.07) is 0.436. The molecule has 0 atom stereocenters. The van der Waals surface area contributed by atoms with Crippen molar-refractivity contribution in [3.8, 4) is 0 Å². The highest BCUT2D eigenvalue weighted by atomic mass is 35.5. The van der Waals surface area contributed by atoms with Crippen LogP contribution in [0.1, 0.15) is 18.9 Å². The third-order valence-corrected chi connectivity index (χ3v) is 2.84. The van der Waals surface area contributed by atoms with Crippen molar-refractivity contribution in [2.75, 3.05) is 20.1 Å². The van der Waals surface area contributed by atoms with E-state index in [0.29, 0.717) is 11.2 Å². The highest BCUT2D eigenvalue weighted by Crippen LogP contribution is 2.23. The van der Waals surface area contributed by atoms with E-state index in [-0.39, 0.29) is 0 Å². The first kappa shape index (κ1) is 8.97. The van der Waals surface area contributed by atoms with E-state index in [1.807, 2.05) is 4.68 Å². The summed E-state index contributed by atoms with van der Waals surface area (Å²) in [7, 11) is 2.14. The number of piperidine rings is 1. The lowest BCUT2D eigenvalue weighted by atomic mass is 10.1. The van der Waals surface area contributed by atoms with E-state index in [1.165, 1.54) is 0 Å². The molecule has 1 aliphatic rings. The Bertz CT molecular complexity index is 277. The predicted molar refractivity (Wildman–Crippen MR) is 50.8 cm³/mol. The fourth-order valence-corrected chi connectivity index (χ4v) is 1.93. The van der Waals surface area contributed by atoms with Crippen molar-refractivity contribution < 1.29 is 0 Å². The Morgan fingerprint density at radius 2 is 2.15 bits per heavy atom. The van der Waals surface area contributed by atoms with Crippen LogP contribution in [0, 0.1) is 0 Å². The van der Waals surface area contributed by atoms with Crippen molar-refractivity contribution in [3.05, 3.63) is 11.3 Å². The van der Waals surface area contributed by atoms with Crippen molar-refractivity contribution in [2.24, 2.45) is 0 Å². The first-order valence-electron chi connectivity index (χ1n) is 4.51. The Hall–Kier alpha value is -0.610. The number of rotatable bonds is 1. The third kappa shape index (κ3) is 1.84. The first-order chi connectivity index (χ1) is 6.27. The van der Waals surface area contributed by atoms with E-state index in [0.717, 1.165) is 25.9 Å². The van der Waals surface area contributed by atoms with Gasteiger partial charge in [0.15, 0.2) is 0 Å². The van der Waals surface area contributed by atoms with Crippen LogP contribution in [0.15, 0.2) is 6.20 Å². The maximum atomic E-state index is 5.93. The molecule has 0 N–H and O–H groups in total. The second-order valence-corrected chi connectivity index (χ2v) is 3.92. The minimum absolute atomic E-state index is 0.436. The zero-order chi connectivity index (χ0) is 9.26. The van der Waals surface area contributed by atoms with E-state index in [1.54, 1.807) is 6.20 Å². The molecule has 1 aromatic heterocycles. The van der Waals surface area contributed by atoms with Gasteiger partial charge in [-0.2, -0.15) is 0 Å². The highest BCUT2D eigenvalue weighted by Gasteiger charge is 2.20. The summed E-state index contributed by atoms with van der Waals surface area (Å²) in [4.78, 5) is 2.32. The molecule has 0 saturated carbocycles. The summed E-state index contributed by atoms with van der Waals surface area (Å²) in [5.74, 6) is 0. The SMILES string of the molecule is CN1CCC(n2nncc2Cl)CC1. The van der Waals surface area contributed by atoms with E-state index < -0.39 is 0 Å². The first-order valence-corrected chi connectivity index (χ1v) is 4.89. The van der Waals surface area contributed by atoms with Crippen LogP contribution in [0.5, 0.6) is 0 Å². The molecule has 0 amide bonds. The molecule has 1 fully saturated rings. The van der Waals surface area contributed by atoms with Crippen LogP contribution in [0.3, 0.4) is 0 Å². The monoisotopic (exact) mass is 200 g/mol. The lowest BCUT2D eigenvalue weighted by Crippen LogP contribution is -2.31. The van der Waals surface area contributed by atoms with Crippen LogP contribution in [0.25, 0.3) is 0 Å². The molecule has 4 nitrogen and oxygen atoms in total. The topological polar surface area (TPSA) is 34.0 Å². The summed E-state index contributed by atoms with van der Waals surface area (Å²) in [6.07, 6.45) is 3.82. The van der Waals surface area contributed by atoms with Crippen LogP contribution >= 0.6 is 11.6 Å². The smallest absolute Gasteiger partial charge is 0.147 e. The molecule has 0 aliphatic carbocycles. The van der Waals surface area contributed by atoms with E-state index in [4.69, 9.17) is 11.6 Å². The van der Waals surface area contributed by atoms with Gasteiger partial charge in [0.1, 0.15) is 5.15 Å². The van der Waals surface area contributed by atoms with Gasteiger partial charge >= 0.3 is 0 Å². The fraction of sp³-hybridized carbons (Fsp3) is 0.750. The molecule has 0 unspecified atom stereocenters. The van der Waals surface area contributed by atoms with Gasteiger partial charge in [-0.3, -0.25) is 0 Å². The van der Waals surface area contributed by atoms with Crippen LogP contribution in [-0.4, -0.2) is 40.0 Å². The molecule has 2 heterocycles. The van der Waals surface area contributed by atoms with Crippen LogP contribution in [0.4, 0.5) is 0 Å². The second-order valence-electron chi connectivity index (χ2n) is 3.54. The summed E-state index contributed by atoms with van der Waals surface area (Å²) in [6.45, 7) is 2.22. The normalized spacial score (nSPS) is 20.8. The van der Waals surface area contributed by atoms with Crippen molar-refractivity contribution in [1.29, 1.82) is 0 Å². The van der Waals surface area contributed by atoms with Crippen molar-refractivity contribution in [3.63, 3.8) is 0 Å². The Balaban J connectivity index is 2.06. The van der Waals surface area contributed by atoms with E-state index in [2.05, 4.69) is 22.3 Å². The number of likely N-dealkylation sites (tertiary alicyclic amines) is 1. The average molecular weight is 201 g/mol. The van der Waals surface area contributed by atoms with Gasteiger partial charge in [0.05, 0.1) is 12.2 Å². The Morgan fingerprint density at radius 1 is 1.46 bits per heavy atom. The number of hydrogen-bond donors (Lipinski definition) is 0. The summed E-state index contributed by atoms with van der Waals surface area (Å²) in [5, 5.41) is 8.41. The maximum absolute atomic E-state index is 5.93. The molecule has 1 aromatic rings. The van der Waals surface area contributed by atoms with Gasteiger partial charge in [0.25, 0.3) is 0 Å². The molecule has 72 valence electrons. The molecule has 0 aromatic carbocycles. The molecular formula is C8H13ClN4. The lowest BCUT2D eigenvalue weighted by molar-refractivity contribution is 0.211. The maximum Gasteiger partial charge on any atom is 0.147 e. The largest absolute Gasteiger partial charge is 0.306 e. The minimum Gasteiger partial charge on any atom is -0.306 e. The van der Waals surface area contributed by atoms with Crippen LogP contribution < -0.4 is 0 Å². The van der Waals surface area contributed by atoms with Gasteiger partial charge in [0, 0.05) is 0 Å². The molecule has 5 heteroatoms. The van der Waals surface area contributed by atoms with Gasteiger partial charge in [-0.15, -0.1) is 5.10 Å². The quantitative estimate of drug-likeness (QED) is 0.683. The highest BCUT2D eigenvalue weighted by molar-refractivity contribution is 6.29. The second kappa shape index (κ2) is 3.64. The molecule has 2 rings (SSSR count). The molecule has 1 saturated heterocycles. The Morgan fingerprint density at radius 3 is 2.69 bits per heavy atom. The van der Waals surface area contributed by atoms with Gasteiger partial charge in [-0.25, -0.2) is 4.68 Å². The number of hydrogen-bond acceptors (Lipinski definition) is 3. The number of halogens is 1. The zero-order valence-corrected chi connectivity index (χ0v) is 8.41. The van der Waals surface area contributed by atoms with Gasteiger partial charge in [-0.05, 0) is 33.0 Å². The molecule has 0 spiro atoms. The zero-order valence-electron chi connectivity index (χ0n) is 7.65. The van der Waals surface area contributed by atoms with Crippen molar-refractivity contribution in [2.45, 2.75) is 18.9 Å². The number of aromatic nitrogens is 3. The molecular weight excluding hydrogens is 188 g/mol. The van der Waals surface area contributed by atoms with Gasteiger partial charge in [-0.1, -0.05) is 16.8 Å². The summed E-state index contributed by atoms with van der Waals surface area (Å²) >= 11 is 5.93. The van der Waals surface area contributed by atoms with Crippen molar-refractivity contribution in [1.82, 2.24) is 19.9 Å². The molecule has 13 heavy (non-hydrogen) atoms. The van der Waals surface area contributed by atoms with E-state index >= 15 is 0 Å². The third-order valence-electron chi connectivity index (χ3n) is 2.57. The van der Waals surface area contributed by atoms with Crippen LogP contribution in [0.2, 0.25) is 5.15 Å². The van der Waals surface area contributed by atoms with Crippen molar-refractivity contribution >= 4 is 11.6 Å². The van der Waals surface area contributed by atoms with Gasteiger partial charge < -0.3 is 4.90 Å². The molecule has 0 radical (unpaired) electrons. The Kier molecular flexibility index (Phi) is 2.51. The number of nitrogens with zero attached hydrogens (tertiary/aromatic N) is 4.